The molecular formula is C20H20N2OS2. The SMILES string of the molecule is CSc1ccc(CN(C)C(=O)c2csc(-c3ccc(C)cc3)n2)cc1. The van der Waals surface area contributed by atoms with Gasteiger partial charge < -0.3 is 4.90 Å². The molecule has 0 saturated carbocycles. The van der Waals surface area contributed by atoms with Crippen molar-refractivity contribution in [3.05, 3.63) is 70.7 Å². The molecular weight excluding hydrogens is 348 g/mol. The second kappa shape index (κ2) is 7.85. The van der Waals surface area contributed by atoms with Crippen molar-refractivity contribution in [2.45, 2.75) is 18.4 Å². The van der Waals surface area contributed by atoms with E-state index in [1.165, 1.54) is 21.8 Å². The average molecular weight is 369 g/mol. The number of thiazole rings is 1. The van der Waals surface area contributed by atoms with Gasteiger partial charge in [0, 0.05) is 29.4 Å². The molecule has 0 radical (unpaired) electrons. The third-order valence-corrected chi connectivity index (χ3v) is 5.58. The summed E-state index contributed by atoms with van der Waals surface area (Å²) in [5, 5.41) is 2.71. The van der Waals surface area contributed by atoms with Crippen molar-refractivity contribution in [3.8, 4) is 10.6 Å². The fourth-order valence-corrected chi connectivity index (χ4v) is 3.68. The molecule has 25 heavy (non-hydrogen) atoms. The predicted octanol–water partition coefficient (Wildman–Crippen LogP) is 5.11. The molecule has 1 amide bonds. The van der Waals surface area contributed by atoms with Crippen LogP contribution in [0.1, 0.15) is 21.6 Å². The van der Waals surface area contributed by atoms with Crippen molar-refractivity contribution in [2.75, 3.05) is 13.3 Å². The Morgan fingerprint density at radius 1 is 1.12 bits per heavy atom. The van der Waals surface area contributed by atoms with E-state index in [0.29, 0.717) is 12.2 Å². The molecule has 128 valence electrons. The first-order chi connectivity index (χ1) is 12.1. The number of amides is 1. The van der Waals surface area contributed by atoms with Crippen LogP contribution in [0.2, 0.25) is 0 Å². The third-order valence-electron chi connectivity index (χ3n) is 3.95. The summed E-state index contributed by atoms with van der Waals surface area (Å²) in [6.07, 6.45) is 2.05. The van der Waals surface area contributed by atoms with Crippen LogP contribution in [0.4, 0.5) is 0 Å². The van der Waals surface area contributed by atoms with E-state index in [-0.39, 0.29) is 5.91 Å². The number of rotatable bonds is 5. The molecule has 0 fully saturated rings. The summed E-state index contributed by atoms with van der Waals surface area (Å²) >= 11 is 3.22. The molecule has 3 aromatic rings. The van der Waals surface area contributed by atoms with Gasteiger partial charge in [0.05, 0.1) is 0 Å². The van der Waals surface area contributed by atoms with Crippen LogP contribution >= 0.6 is 23.1 Å². The van der Waals surface area contributed by atoms with Crippen LogP contribution < -0.4 is 0 Å². The molecule has 0 N–H and O–H groups in total. The summed E-state index contributed by atoms with van der Waals surface area (Å²) in [5.74, 6) is -0.0523. The standard InChI is InChI=1S/C20H20N2OS2/c1-14-4-8-16(9-5-14)19-21-18(13-25-19)20(23)22(2)12-15-6-10-17(24-3)11-7-15/h4-11,13H,12H2,1-3H3. The molecule has 0 bridgehead atoms. The Bertz CT molecular complexity index is 854. The second-order valence-electron chi connectivity index (χ2n) is 5.91. The minimum atomic E-state index is -0.0523. The fourth-order valence-electron chi connectivity index (χ4n) is 2.47. The van der Waals surface area contributed by atoms with Gasteiger partial charge in [-0.15, -0.1) is 23.1 Å². The second-order valence-corrected chi connectivity index (χ2v) is 7.65. The van der Waals surface area contributed by atoms with Crippen molar-refractivity contribution in [1.82, 2.24) is 9.88 Å². The Morgan fingerprint density at radius 2 is 1.80 bits per heavy atom. The number of carbonyl (C=O) groups is 1. The zero-order chi connectivity index (χ0) is 17.8. The lowest BCUT2D eigenvalue weighted by Crippen LogP contribution is -2.26. The van der Waals surface area contributed by atoms with Crippen LogP contribution in [0.15, 0.2) is 58.8 Å². The van der Waals surface area contributed by atoms with Crippen molar-refractivity contribution in [2.24, 2.45) is 0 Å². The van der Waals surface area contributed by atoms with Gasteiger partial charge in [-0.05, 0) is 30.9 Å². The highest BCUT2D eigenvalue weighted by Gasteiger charge is 2.16. The lowest BCUT2D eigenvalue weighted by Gasteiger charge is -2.16. The molecule has 0 spiro atoms. The first-order valence-corrected chi connectivity index (χ1v) is 10.1. The van der Waals surface area contributed by atoms with Gasteiger partial charge in [0.15, 0.2) is 0 Å². The Balaban J connectivity index is 1.70. The molecule has 0 saturated heterocycles. The first kappa shape index (κ1) is 17.7. The van der Waals surface area contributed by atoms with E-state index in [0.717, 1.165) is 16.1 Å². The van der Waals surface area contributed by atoms with Crippen LogP contribution in [0.3, 0.4) is 0 Å². The van der Waals surface area contributed by atoms with Crippen LogP contribution in [-0.4, -0.2) is 29.1 Å². The Labute approximate surface area is 156 Å². The van der Waals surface area contributed by atoms with Gasteiger partial charge in [-0.25, -0.2) is 4.98 Å². The van der Waals surface area contributed by atoms with Gasteiger partial charge in [0.1, 0.15) is 10.7 Å². The highest BCUT2D eigenvalue weighted by atomic mass is 32.2. The summed E-state index contributed by atoms with van der Waals surface area (Å²) in [6.45, 7) is 2.63. The smallest absolute Gasteiger partial charge is 0.273 e. The van der Waals surface area contributed by atoms with E-state index >= 15 is 0 Å². The molecule has 3 rings (SSSR count). The summed E-state index contributed by atoms with van der Waals surface area (Å²) in [4.78, 5) is 20.1. The first-order valence-electron chi connectivity index (χ1n) is 7.98. The summed E-state index contributed by atoms with van der Waals surface area (Å²) in [6, 6.07) is 16.5. The van der Waals surface area contributed by atoms with Crippen LogP contribution in [0.25, 0.3) is 10.6 Å². The van der Waals surface area contributed by atoms with Crippen LogP contribution in [-0.2, 0) is 6.54 Å². The minimum Gasteiger partial charge on any atom is -0.336 e. The van der Waals surface area contributed by atoms with Crippen molar-refractivity contribution in [1.29, 1.82) is 0 Å². The molecule has 2 aromatic carbocycles. The molecule has 3 nitrogen and oxygen atoms in total. The average Bonchev–Trinajstić information content (AvgIpc) is 3.12. The molecule has 5 heteroatoms. The van der Waals surface area contributed by atoms with Crippen molar-refractivity contribution >= 4 is 29.0 Å². The van der Waals surface area contributed by atoms with Gasteiger partial charge in [-0.3, -0.25) is 4.79 Å². The van der Waals surface area contributed by atoms with Crippen LogP contribution in [0.5, 0.6) is 0 Å². The Hall–Kier alpha value is -2.11. The molecule has 1 heterocycles. The normalized spacial score (nSPS) is 10.7. The van der Waals surface area contributed by atoms with E-state index in [4.69, 9.17) is 0 Å². The maximum Gasteiger partial charge on any atom is 0.273 e. The van der Waals surface area contributed by atoms with Gasteiger partial charge >= 0.3 is 0 Å². The summed E-state index contributed by atoms with van der Waals surface area (Å²) in [7, 11) is 1.82. The Morgan fingerprint density at radius 3 is 2.44 bits per heavy atom. The number of nitrogens with zero attached hydrogens (tertiary/aromatic N) is 2. The largest absolute Gasteiger partial charge is 0.336 e. The van der Waals surface area contributed by atoms with Gasteiger partial charge in [0.25, 0.3) is 5.91 Å². The number of thioether (sulfide) groups is 1. The van der Waals surface area contributed by atoms with Crippen molar-refractivity contribution in [3.63, 3.8) is 0 Å². The molecule has 0 aliphatic rings. The van der Waals surface area contributed by atoms with E-state index in [1.807, 2.05) is 24.6 Å². The monoisotopic (exact) mass is 368 g/mol. The molecule has 0 unspecified atom stereocenters. The molecule has 0 aliphatic carbocycles. The molecule has 0 atom stereocenters. The summed E-state index contributed by atoms with van der Waals surface area (Å²) in [5.41, 5.74) is 3.88. The maximum absolute atomic E-state index is 12.6. The predicted molar refractivity (Wildman–Crippen MR) is 106 cm³/mol. The lowest BCUT2D eigenvalue weighted by atomic mass is 10.2. The zero-order valence-electron chi connectivity index (χ0n) is 14.5. The highest BCUT2D eigenvalue weighted by Crippen LogP contribution is 2.24. The number of benzene rings is 2. The number of hydrogen-bond acceptors (Lipinski definition) is 4. The van der Waals surface area contributed by atoms with Crippen molar-refractivity contribution < 1.29 is 4.79 Å². The summed E-state index contributed by atoms with van der Waals surface area (Å²) < 4.78 is 0. The quantitative estimate of drug-likeness (QED) is 0.587. The van der Waals surface area contributed by atoms with Crippen LogP contribution in [0, 0.1) is 6.92 Å². The number of hydrogen-bond donors (Lipinski definition) is 0. The van der Waals surface area contributed by atoms with E-state index < -0.39 is 0 Å². The molecule has 0 aliphatic heterocycles. The fraction of sp³-hybridized carbons (Fsp3) is 0.200. The number of aromatic nitrogens is 1. The van der Waals surface area contributed by atoms with E-state index in [2.05, 4.69) is 54.6 Å². The van der Waals surface area contributed by atoms with E-state index in [9.17, 15) is 4.79 Å². The molecule has 1 aromatic heterocycles. The van der Waals surface area contributed by atoms with Gasteiger partial charge in [-0.1, -0.05) is 42.0 Å². The van der Waals surface area contributed by atoms with E-state index in [1.54, 1.807) is 16.7 Å². The number of aryl methyl sites for hydroxylation is 1. The lowest BCUT2D eigenvalue weighted by molar-refractivity contribution is 0.0780. The maximum atomic E-state index is 12.6. The topological polar surface area (TPSA) is 33.2 Å². The highest BCUT2D eigenvalue weighted by molar-refractivity contribution is 7.98. The van der Waals surface area contributed by atoms with Gasteiger partial charge in [0.2, 0.25) is 0 Å². The van der Waals surface area contributed by atoms with Gasteiger partial charge in [-0.2, -0.15) is 0 Å². The third kappa shape index (κ3) is 4.30. The number of carbonyl (C=O) groups excluding carboxylic acids is 1. The Kier molecular flexibility index (Phi) is 5.56. The minimum absolute atomic E-state index is 0.0523. The zero-order valence-corrected chi connectivity index (χ0v) is 16.2.